The summed E-state index contributed by atoms with van der Waals surface area (Å²) in [7, 11) is 0. The van der Waals surface area contributed by atoms with Crippen molar-refractivity contribution in [1.29, 1.82) is 0 Å². The van der Waals surface area contributed by atoms with Crippen LogP contribution in [-0.2, 0) is 6.42 Å². The Morgan fingerprint density at radius 3 is 2.82 bits per heavy atom. The molecule has 0 amide bonds. The fourth-order valence-electron chi connectivity index (χ4n) is 1.89. The molecule has 2 rings (SSSR count). The lowest BCUT2D eigenvalue weighted by Crippen LogP contribution is -2.30. The highest BCUT2D eigenvalue weighted by Crippen LogP contribution is 2.27. The first-order valence-corrected chi connectivity index (χ1v) is 7.13. The van der Waals surface area contributed by atoms with E-state index in [0.29, 0.717) is 0 Å². The molecule has 17 heavy (non-hydrogen) atoms. The maximum absolute atomic E-state index is 5.68. The maximum atomic E-state index is 5.68. The van der Waals surface area contributed by atoms with E-state index in [1.165, 1.54) is 16.0 Å². The van der Waals surface area contributed by atoms with Crippen LogP contribution in [0.1, 0.15) is 22.0 Å². The molecule has 1 unspecified atom stereocenters. The zero-order valence-corrected chi connectivity index (χ0v) is 12.0. The Hall–Kier alpha value is -0.680. The van der Waals surface area contributed by atoms with Crippen molar-refractivity contribution in [2.24, 2.45) is 5.84 Å². The first-order chi connectivity index (χ1) is 8.22. The molecular weight excluding hydrogens is 296 g/mol. The van der Waals surface area contributed by atoms with Gasteiger partial charge in [0.25, 0.3) is 0 Å². The summed E-state index contributed by atoms with van der Waals surface area (Å²) in [5.41, 5.74) is 5.40. The van der Waals surface area contributed by atoms with Crippen LogP contribution in [0.25, 0.3) is 0 Å². The Kier molecular flexibility index (Phi) is 4.34. The molecule has 1 heterocycles. The summed E-state index contributed by atoms with van der Waals surface area (Å²) in [5, 5.41) is 2.09. The third kappa shape index (κ3) is 2.96. The molecular formula is C13H15BrN2S. The van der Waals surface area contributed by atoms with E-state index in [4.69, 9.17) is 5.84 Å². The van der Waals surface area contributed by atoms with Gasteiger partial charge in [-0.3, -0.25) is 11.3 Å². The van der Waals surface area contributed by atoms with Crippen LogP contribution in [0.15, 0.2) is 40.2 Å². The molecule has 0 aliphatic carbocycles. The Bertz CT molecular complexity index is 482. The smallest absolute Gasteiger partial charge is 0.0511 e. The summed E-state index contributed by atoms with van der Waals surface area (Å²) >= 11 is 5.32. The fourth-order valence-corrected chi connectivity index (χ4v) is 3.02. The number of thiophene rings is 1. The predicted octanol–water partition coefficient (Wildman–Crippen LogP) is 3.57. The van der Waals surface area contributed by atoms with E-state index >= 15 is 0 Å². The van der Waals surface area contributed by atoms with Crippen LogP contribution in [0.3, 0.4) is 0 Å². The molecule has 4 heteroatoms. The molecule has 0 aliphatic rings. The van der Waals surface area contributed by atoms with E-state index in [2.05, 4.69) is 57.9 Å². The molecule has 0 saturated carbocycles. The number of nitrogens with one attached hydrogen (secondary N) is 1. The highest BCUT2D eigenvalue weighted by molar-refractivity contribution is 9.10. The number of hydrogen-bond acceptors (Lipinski definition) is 3. The number of hydrazine groups is 1. The van der Waals surface area contributed by atoms with Gasteiger partial charge in [-0.1, -0.05) is 34.1 Å². The van der Waals surface area contributed by atoms with E-state index in [1.54, 1.807) is 11.3 Å². The van der Waals surface area contributed by atoms with Crippen LogP contribution >= 0.6 is 27.3 Å². The Balaban J connectivity index is 2.26. The van der Waals surface area contributed by atoms with Crippen molar-refractivity contribution in [2.45, 2.75) is 19.4 Å². The van der Waals surface area contributed by atoms with Crippen LogP contribution in [-0.4, -0.2) is 0 Å². The average molecular weight is 311 g/mol. The Labute approximate surface area is 114 Å². The lowest BCUT2D eigenvalue weighted by Gasteiger charge is -2.18. The quantitative estimate of drug-likeness (QED) is 0.669. The van der Waals surface area contributed by atoms with Gasteiger partial charge in [-0.25, -0.2) is 0 Å². The molecule has 90 valence electrons. The largest absolute Gasteiger partial charge is 0.271 e. The summed E-state index contributed by atoms with van der Waals surface area (Å²) in [6.07, 6.45) is 0.922. The van der Waals surface area contributed by atoms with Crippen molar-refractivity contribution in [1.82, 2.24) is 5.43 Å². The van der Waals surface area contributed by atoms with Gasteiger partial charge in [0.1, 0.15) is 0 Å². The second-order valence-electron chi connectivity index (χ2n) is 3.96. The molecule has 0 radical (unpaired) electrons. The van der Waals surface area contributed by atoms with Crippen LogP contribution in [0, 0.1) is 6.92 Å². The standard InChI is InChI=1S/C13H15BrN2S/c1-9-11(5-2-6-12(9)14)13(16-15)8-10-4-3-7-17-10/h2-7,13,16H,8,15H2,1H3. The summed E-state index contributed by atoms with van der Waals surface area (Å²) in [6.45, 7) is 2.11. The van der Waals surface area contributed by atoms with Gasteiger partial charge in [0.15, 0.2) is 0 Å². The number of halogens is 1. The van der Waals surface area contributed by atoms with Gasteiger partial charge in [0.05, 0.1) is 6.04 Å². The minimum absolute atomic E-state index is 0.158. The van der Waals surface area contributed by atoms with Crippen LogP contribution < -0.4 is 11.3 Å². The summed E-state index contributed by atoms with van der Waals surface area (Å²) in [4.78, 5) is 1.34. The topological polar surface area (TPSA) is 38.0 Å². The van der Waals surface area contributed by atoms with Crippen molar-refractivity contribution in [3.05, 3.63) is 56.2 Å². The third-order valence-corrected chi connectivity index (χ3v) is 4.63. The summed E-state index contributed by atoms with van der Waals surface area (Å²) < 4.78 is 1.13. The molecule has 0 bridgehead atoms. The maximum Gasteiger partial charge on any atom is 0.0511 e. The SMILES string of the molecule is Cc1c(Br)cccc1C(Cc1cccs1)NN. The van der Waals surface area contributed by atoms with Crippen LogP contribution in [0.2, 0.25) is 0 Å². The van der Waals surface area contributed by atoms with Crippen molar-refractivity contribution in [3.8, 4) is 0 Å². The van der Waals surface area contributed by atoms with Crippen molar-refractivity contribution in [2.75, 3.05) is 0 Å². The molecule has 0 aliphatic heterocycles. The first-order valence-electron chi connectivity index (χ1n) is 5.46. The highest BCUT2D eigenvalue weighted by Gasteiger charge is 2.14. The second-order valence-corrected chi connectivity index (χ2v) is 5.84. The van der Waals surface area contributed by atoms with E-state index < -0.39 is 0 Å². The van der Waals surface area contributed by atoms with Gasteiger partial charge >= 0.3 is 0 Å². The molecule has 0 fully saturated rings. The molecule has 1 aromatic carbocycles. The Morgan fingerprint density at radius 2 is 2.18 bits per heavy atom. The normalized spacial score (nSPS) is 12.6. The monoisotopic (exact) mass is 310 g/mol. The molecule has 1 aromatic heterocycles. The van der Waals surface area contributed by atoms with Gasteiger partial charge in [-0.05, 0) is 35.6 Å². The highest BCUT2D eigenvalue weighted by atomic mass is 79.9. The average Bonchev–Trinajstić information content (AvgIpc) is 2.83. The number of rotatable bonds is 4. The lowest BCUT2D eigenvalue weighted by atomic mass is 9.99. The minimum atomic E-state index is 0.158. The summed E-state index contributed by atoms with van der Waals surface area (Å²) in [6, 6.07) is 10.6. The van der Waals surface area contributed by atoms with E-state index in [9.17, 15) is 0 Å². The first kappa shape index (κ1) is 12.8. The zero-order chi connectivity index (χ0) is 12.3. The molecule has 0 spiro atoms. The number of nitrogens with two attached hydrogens (primary N) is 1. The van der Waals surface area contributed by atoms with Crippen molar-refractivity contribution >= 4 is 27.3 Å². The molecule has 0 saturated heterocycles. The van der Waals surface area contributed by atoms with E-state index in [-0.39, 0.29) is 6.04 Å². The van der Waals surface area contributed by atoms with Gasteiger partial charge in [0.2, 0.25) is 0 Å². The summed E-state index contributed by atoms with van der Waals surface area (Å²) in [5.74, 6) is 5.68. The number of hydrogen-bond donors (Lipinski definition) is 2. The Morgan fingerprint density at radius 1 is 1.35 bits per heavy atom. The van der Waals surface area contributed by atoms with E-state index in [1.807, 2.05) is 6.07 Å². The van der Waals surface area contributed by atoms with Crippen LogP contribution in [0.4, 0.5) is 0 Å². The fraction of sp³-hybridized carbons (Fsp3) is 0.231. The molecule has 3 N–H and O–H groups in total. The third-order valence-electron chi connectivity index (χ3n) is 2.87. The van der Waals surface area contributed by atoms with Gasteiger partial charge < -0.3 is 0 Å². The lowest BCUT2D eigenvalue weighted by molar-refractivity contribution is 0.552. The van der Waals surface area contributed by atoms with Crippen molar-refractivity contribution < 1.29 is 0 Å². The van der Waals surface area contributed by atoms with Gasteiger partial charge in [-0.2, -0.15) is 0 Å². The van der Waals surface area contributed by atoms with Crippen LogP contribution in [0.5, 0.6) is 0 Å². The zero-order valence-electron chi connectivity index (χ0n) is 9.61. The van der Waals surface area contributed by atoms with Gasteiger partial charge in [-0.15, -0.1) is 11.3 Å². The van der Waals surface area contributed by atoms with Gasteiger partial charge in [0, 0.05) is 15.8 Å². The molecule has 1 atom stereocenters. The van der Waals surface area contributed by atoms with E-state index in [0.717, 1.165) is 10.9 Å². The predicted molar refractivity (Wildman–Crippen MR) is 77.0 cm³/mol. The second kappa shape index (κ2) is 5.78. The molecule has 2 aromatic rings. The van der Waals surface area contributed by atoms with Crippen molar-refractivity contribution in [3.63, 3.8) is 0 Å². The molecule has 2 nitrogen and oxygen atoms in total. The minimum Gasteiger partial charge on any atom is -0.271 e. The number of benzene rings is 1.